The van der Waals surface area contributed by atoms with E-state index in [2.05, 4.69) is 17.6 Å². The number of hydrogen-bond donors (Lipinski definition) is 0. The molecule has 0 saturated heterocycles. The Morgan fingerprint density at radius 3 is 2.67 bits per heavy atom. The average molecular weight is 311 g/mol. The Morgan fingerprint density at radius 1 is 1.33 bits per heavy atom. The fourth-order valence-electron chi connectivity index (χ4n) is 2.75. The van der Waals surface area contributed by atoms with Crippen molar-refractivity contribution >= 4 is 22.6 Å². The van der Waals surface area contributed by atoms with Crippen LogP contribution in [0.5, 0.6) is 5.75 Å². The third-order valence-corrected chi connectivity index (χ3v) is 3.83. The Kier molecular flexibility index (Phi) is 5.48. The number of methoxy groups -OCH3 is 2. The lowest BCUT2D eigenvalue weighted by atomic mass is 10.1. The maximum absolute atomic E-state index is 6.35. The first-order valence-corrected chi connectivity index (χ1v) is 7.75. The number of hydrogen-bond acceptors (Lipinski definition) is 3. The molecule has 0 radical (unpaired) electrons. The first kappa shape index (κ1) is 16.1. The van der Waals surface area contributed by atoms with Gasteiger partial charge in [0, 0.05) is 7.11 Å². The van der Waals surface area contributed by atoms with E-state index in [9.17, 15) is 0 Å². The molecule has 1 heterocycles. The van der Waals surface area contributed by atoms with Gasteiger partial charge >= 0.3 is 0 Å². The topological polar surface area (TPSA) is 36.3 Å². The molecule has 0 amide bonds. The molecule has 0 aliphatic heterocycles. The number of para-hydroxylation sites is 1. The van der Waals surface area contributed by atoms with Crippen molar-refractivity contribution in [2.24, 2.45) is 0 Å². The van der Waals surface area contributed by atoms with Crippen LogP contribution < -0.4 is 4.74 Å². The molecule has 5 heteroatoms. The van der Waals surface area contributed by atoms with Crippen molar-refractivity contribution in [1.29, 1.82) is 0 Å². The van der Waals surface area contributed by atoms with Gasteiger partial charge in [-0.3, -0.25) is 0 Å². The van der Waals surface area contributed by atoms with Crippen LogP contribution in [0, 0.1) is 0 Å². The summed E-state index contributed by atoms with van der Waals surface area (Å²) in [6.07, 6.45) is 2.10. The van der Waals surface area contributed by atoms with E-state index >= 15 is 0 Å². The summed E-state index contributed by atoms with van der Waals surface area (Å²) >= 11 is 6.35. The smallest absolute Gasteiger partial charge is 0.146 e. The number of rotatable bonds is 7. The number of ether oxygens (including phenoxy) is 2. The number of halogens is 1. The van der Waals surface area contributed by atoms with Gasteiger partial charge in [0.05, 0.1) is 30.7 Å². The second-order valence-corrected chi connectivity index (χ2v) is 5.84. The highest BCUT2D eigenvalue weighted by Gasteiger charge is 2.22. The van der Waals surface area contributed by atoms with Gasteiger partial charge in [0.15, 0.2) is 0 Å². The van der Waals surface area contributed by atoms with Gasteiger partial charge in [-0.1, -0.05) is 19.4 Å². The van der Waals surface area contributed by atoms with Crippen LogP contribution in [0.4, 0.5) is 0 Å². The fraction of sp³-hybridized carbons (Fsp3) is 0.562. The van der Waals surface area contributed by atoms with E-state index in [0.717, 1.165) is 35.4 Å². The van der Waals surface area contributed by atoms with Crippen LogP contribution in [0.15, 0.2) is 18.2 Å². The van der Waals surface area contributed by atoms with E-state index in [1.807, 2.05) is 19.1 Å². The molecule has 0 aliphatic rings. The number of aromatic nitrogens is 2. The molecule has 4 nitrogen and oxygen atoms in total. The van der Waals surface area contributed by atoms with Gasteiger partial charge in [0.2, 0.25) is 0 Å². The predicted molar refractivity (Wildman–Crippen MR) is 86.4 cm³/mol. The third kappa shape index (κ3) is 3.16. The SMILES string of the molecule is CCCC(COC)n1c(C(C)Cl)nc2c(OC)cccc21. The van der Waals surface area contributed by atoms with Crippen molar-refractivity contribution < 1.29 is 9.47 Å². The van der Waals surface area contributed by atoms with Crippen LogP contribution in [-0.4, -0.2) is 30.4 Å². The largest absolute Gasteiger partial charge is 0.494 e. The summed E-state index contributed by atoms with van der Waals surface area (Å²) in [5.74, 6) is 1.64. The molecule has 2 aromatic rings. The van der Waals surface area contributed by atoms with Crippen molar-refractivity contribution in [2.75, 3.05) is 20.8 Å². The minimum Gasteiger partial charge on any atom is -0.494 e. The average Bonchev–Trinajstić information content (AvgIpc) is 2.86. The maximum atomic E-state index is 6.35. The molecule has 0 spiro atoms. The molecule has 2 atom stereocenters. The lowest BCUT2D eigenvalue weighted by Crippen LogP contribution is -2.17. The number of fused-ring (bicyclic) bond motifs is 1. The van der Waals surface area contributed by atoms with Crippen LogP contribution in [0.3, 0.4) is 0 Å². The van der Waals surface area contributed by atoms with E-state index in [1.165, 1.54) is 0 Å². The van der Waals surface area contributed by atoms with Gasteiger partial charge in [0.1, 0.15) is 17.1 Å². The molecule has 0 bridgehead atoms. The van der Waals surface area contributed by atoms with Gasteiger partial charge in [0.25, 0.3) is 0 Å². The minimum absolute atomic E-state index is 0.168. The second-order valence-electron chi connectivity index (χ2n) is 5.18. The summed E-state index contributed by atoms with van der Waals surface area (Å²) in [5, 5.41) is -0.168. The molecule has 2 unspecified atom stereocenters. The molecule has 0 fully saturated rings. The van der Waals surface area contributed by atoms with Gasteiger partial charge in [-0.25, -0.2) is 4.98 Å². The van der Waals surface area contributed by atoms with E-state index < -0.39 is 0 Å². The van der Waals surface area contributed by atoms with Crippen molar-refractivity contribution in [2.45, 2.75) is 38.1 Å². The van der Waals surface area contributed by atoms with Crippen molar-refractivity contribution in [3.05, 3.63) is 24.0 Å². The van der Waals surface area contributed by atoms with Crippen LogP contribution in [0.1, 0.15) is 43.9 Å². The van der Waals surface area contributed by atoms with Crippen LogP contribution in [0.2, 0.25) is 0 Å². The molecular formula is C16H23ClN2O2. The second kappa shape index (κ2) is 7.14. The van der Waals surface area contributed by atoms with E-state index in [-0.39, 0.29) is 11.4 Å². The Labute approximate surface area is 131 Å². The van der Waals surface area contributed by atoms with E-state index in [1.54, 1.807) is 14.2 Å². The zero-order chi connectivity index (χ0) is 15.4. The molecule has 21 heavy (non-hydrogen) atoms. The highest BCUT2D eigenvalue weighted by atomic mass is 35.5. The Bertz CT molecular complexity index is 589. The van der Waals surface area contributed by atoms with Crippen molar-refractivity contribution in [1.82, 2.24) is 9.55 Å². The number of imidazole rings is 1. The number of nitrogens with zero attached hydrogens (tertiary/aromatic N) is 2. The van der Waals surface area contributed by atoms with E-state index in [4.69, 9.17) is 26.1 Å². The molecular weight excluding hydrogens is 288 g/mol. The normalized spacial score (nSPS) is 14.3. The molecule has 0 N–H and O–H groups in total. The summed E-state index contributed by atoms with van der Waals surface area (Å²) in [4.78, 5) is 4.72. The van der Waals surface area contributed by atoms with Crippen LogP contribution in [0.25, 0.3) is 11.0 Å². The van der Waals surface area contributed by atoms with Crippen LogP contribution in [-0.2, 0) is 4.74 Å². The Hall–Kier alpha value is -1.26. The Balaban J connectivity index is 2.65. The highest BCUT2D eigenvalue weighted by molar-refractivity contribution is 6.20. The molecule has 1 aromatic carbocycles. The lowest BCUT2D eigenvalue weighted by Gasteiger charge is -2.21. The summed E-state index contributed by atoms with van der Waals surface area (Å²) in [7, 11) is 3.39. The minimum atomic E-state index is -0.168. The lowest BCUT2D eigenvalue weighted by molar-refractivity contribution is 0.150. The molecule has 0 aliphatic carbocycles. The summed E-state index contributed by atoms with van der Waals surface area (Å²) in [5.41, 5.74) is 1.91. The molecule has 0 saturated carbocycles. The third-order valence-electron chi connectivity index (χ3n) is 3.63. The standard InChI is InChI=1S/C16H23ClN2O2/c1-5-7-12(10-20-3)19-13-8-6-9-14(21-4)15(13)18-16(19)11(2)17/h6,8-9,11-12H,5,7,10H2,1-4H3. The fourth-order valence-corrected chi connectivity index (χ4v) is 2.90. The van der Waals surface area contributed by atoms with Gasteiger partial charge in [-0.2, -0.15) is 0 Å². The van der Waals surface area contributed by atoms with E-state index in [0.29, 0.717) is 6.61 Å². The van der Waals surface area contributed by atoms with Crippen LogP contribution >= 0.6 is 11.6 Å². The zero-order valence-electron chi connectivity index (χ0n) is 13.1. The Morgan fingerprint density at radius 2 is 2.10 bits per heavy atom. The quantitative estimate of drug-likeness (QED) is 0.714. The molecule has 116 valence electrons. The van der Waals surface area contributed by atoms with Crippen molar-refractivity contribution in [3.63, 3.8) is 0 Å². The monoisotopic (exact) mass is 310 g/mol. The summed E-state index contributed by atoms with van der Waals surface area (Å²) < 4.78 is 13.0. The van der Waals surface area contributed by atoms with Gasteiger partial charge in [-0.05, 0) is 25.5 Å². The molecule has 2 rings (SSSR count). The molecule has 1 aromatic heterocycles. The van der Waals surface area contributed by atoms with Gasteiger partial charge in [-0.15, -0.1) is 11.6 Å². The number of alkyl halides is 1. The first-order valence-electron chi connectivity index (χ1n) is 7.31. The maximum Gasteiger partial charge on any atom is 0.146 e. The predicted octanol–water partition coefficient (Wildman–Crippen LogP) is 4.33. The van der Waals surface area contributed by atoms with Crippen molar-refractivity contribution in [3.8, 4) is 5.75 Å². The first-order chi connectivity index (χ1) is 10.1. The summed E-state index contributed by atoms with van der Waals surface area (Å²) in [6, 6.07) is 6.20. The summed E-state index contributed by atoms with van der Waals surface area (Å²) in [6.45, 7) is 4.76. The highest BCUT2D eigenvalue weighted by Crippen LogP contribution is 2.33. The van der Waals surface area contributed by atoms with Gasteiger partial charge < -0.3 is 14.0 Å². The zero-order valence-corrected chi connectivity index (χ0v) is 13.9. The number of benzene rings is 1.